The fraction of sp³-hybridized carbons (Fsp3) is 0.471. The molecule has 0 aliphatic heterocycles. The number of ether oxygens (including phenoxy) is 1. The predicted octanol–water partition coefficient (Wildman–Crippen LogP) is 4.18. The molecule has 0 bridgehead atoms. The molecule has 112 valence electrons. The standard InChI is InChI=1S/C17H22N2OS/c1-12-4-3-9-17(18,10-12)16-19-15(11-21-16)13-5-7-14(20-2)8-6-13/h5-8,11-12H,3-4,9-10,18H2,1-2H3. The fourth-order valence-corrected chi connectivity index (χ4v) is 4.17. The number of nitrogens with two attached hydrogens (primary N) is 1. The van der Waals surface area contributed by atoms with E-state index in [2.05, 4.69) is 12.3 Å². The molecule has 0 spiro atoms. The van der Waals surface area contributed by atoms with Gasteiger partial charge in [0.15, 0.2) is 0 Å². The van der Waals surface area contributed by atoms with Crippen molar-refractivity contribution in [1.29, 1.82) is 0 Å². The molecule has 1 aromatic carbocycles. The SMILES string of the molecule is COc1ccc(-c2csc(C3(N)CCCC(C)C3)n2)cc1. The first-order chi connectivity index (χ1) is 10.1. The molecule has 0 radical (unpaired) electrons. The van der Waals surface area contributed by atoms with Crippen molar-refractivity contribution in [2.45, 2.75) is 38.1 Å². The zero-order chi connectivity index (χ0) is 14.9. The molecule has 3 rings (SSSR count). The van der Waals surface area contributed by atoms with E-state index in [0.717, 1.165) is 34.9 Å². The molecular weight excluding hydrogens is 280 g/mol. The maximum absolute atomic E-state index is 6.64. The Balaban J connectivity index is 1.85. The Bertz CT molecular complexity index is 608. The molecule has 1 aliphatic carbocycles. The third-order valence-corrected chi connectivity index (χ3v) is 5.41. The van der Waals surface area contributed by atoms with Crippen LogP contribution in [-0.2, 0) is 5.54 Å². The summed E-state index contributed by atoms with van der Waals surface area (Å²) in [5, 5.41) is 3.20. The van der Waals surface area contributed by atoms with Crippen molar-refractivity contribution in [2.75, 3.05) is 7.11 Å². The van der Waals surface area contributed by atoms with Crippen molar-refractivity contribution < 1.29 is 4.74 Å². The highest BCUT2D eigenvalue weighted by atomic mass is 32.1. The maximum atomic E-state index is 6.64. The highest BCUT2D eigenvalue weighted by Crippen LogP contribution is 2.40. The zero-order valence-electron chi connectivity index (χ0n) is 12.6. The number of benzene rings is 1. The molecule has 0 amide bonds. The monoisotopic (exact) mass is 302 g/mol. The van der Waals surface area contributed by atoms with Gasteiger partial charge >= 0.3 is 0 Å². The largest absolute Gasteiger partial charge is 0.497 e. The van der Waals surface area contributed by atoms with E-state index in [-0.39, 0.29) is 5.54 Å². The molecule has 2 aromatic rings. The molecule has 2 N–H and O–H groups in total. The Morgan fingerprint density at radius 1 is 1.33 bits per heavy atom. The van der Waals surface area contributed by atoms with Crippen LogP contribution in [0.25, 0.3) is 11.3 Å². The second kappa shape index (κ2) is 5.78. The van der Waals surface area contributed by atoms with Gasteiger partial charge in [-0.25, -0.2) is 4.98 Å². The van der Waals surface area contributed by atoms with Crippen molar-refractivity contribution in [3.05, 3.63) is 34.7 Å². The van der Waals surface area contributed by atoms with E-state index < -0.39 is 0 Å². The van der Waals surface area contributed by atoms with Gasteiger partial charge in [0.1, 0.15) is 10.8 Å². The Hall–Kier alpha value is -1.39. The second-order valence-corrected chi connectivity index (χ2v) is 6.98. The van der Waals surface area contributed by atoms with E-state index in [4.69, 9.17) is 15.5 Å². The van der Waals surface area contributed by atoms with Crippen molar-refractivity contribution >= 4 is 11.3 Å². The first-order valence-electron chi connectivity index (χ1n) is 7.50. The van der Waals surface area contributed by atoms with E-state index in [0.29, 0.717) is 5.92 Å². The van der Waals surface area contributed by atoms with Gasteiger partial charge in [0.25, 0.3) is 0 Å². The number of nitrogens with zero attached hydrogens (tertiary/aromatic N) is 1. The highest BCUT2D eigenvalue weighted by molar-refractivity contribution is 7.10. The molecular formula is C17H22N2OS. The topological polar surface area (TPSA) is 48.1 Å². The zero-order valence-corrected chi connectivity index (χ0v) is 13.5. The smallest absolute Gasteiger partial charge is 0.118 e. The number of aromatic nitrogens is 1. The second-order valence-electron chi connectivity index (χ2n) is 6.12. The Kier molecular flexibility index (Phi) is 4.00. The van der Waals surface area contributed by atoms with Crippen molar-refractivity contribution in [1.82, 2.24) is 4.98 Å². The molecule has 1 heterocycles. The minimum Gasteiger partial charge on any atom is -0.497 e. The third kappa shape index (κ3) is 2.97. The molecule has 1 aliphatic rings. The van der Waals surface area contributed by atoms with E-state index in [1.807, 2.05) is 24.3 Å². The quantitative estimate of drug-likeness (QED) is 0.925. The molecule has 1 fully saturated rings. The van der Waals surface area contributed by atoms with Crippen LogP contribution in [0, 0.1) is 5.92 Å². The van der Waals surface area contributed by atoms with Crippen molar-refractivity contribution in [2.24, 2.45) is 11.7 Å². The lowest BCUT2D eigenvalue weighted by atomic mass is 9.77. The lowest BCUT2D eigenvalue weighted by Crippen LogP contribution is -2.40. The van der Waals surface area contributed by atoms with Gasteiger partial charge in [-0.15, -0.1) is 11.3 Å². The molecule has 2 atom stereocenters. The first-order valence-corrected chi connectivity index (χ1v) is 8.38. The summed E-state index contributed by atoms with van der Waals surface area (Å²) in [7, 11) is 1.68. The first kappa shape index (κ1) is 14.5. The van der Waals surface area contributed by atoms with Gasteiger partial charge < -0.3 is 10.5 Å². The van der Waals surface area contributed by atoms with Crippen LogP contribution < -0.4 is 10.5 Å². The van der Waals surface area contributed by atoms with Crippen molar-refractivity contribution in [3.8, 4) is 17.0 Å². The van der Waals surface area contributed by atoms with E-state index in [1.54, 1.807) is 18.4 Å². The van der Waals surface area contributed by atoms with Gasteiger partial charge in [0.2, 0.25) is 0 Å². The Labute approximate surface area is 130 Å². The minimum absolute atomic E-state index is 0.229. The normalized spacial score (nSPS) is 25.8. The molecule has 1 saturated carbocycles. The number of rotatable bonds is 3. The summed E-state index contributed by atoms with van der Waals surface area (Å²) in [6.07, 6.45) is 4.58. The lowest BCUT2D eigenvalue weighted by molar-refractivity contribution is 0.238. The van der Waals surface area contributed by atoms with Gasteiger partial charge in [-0.05, 0) is 43.0 Å². The maximum Gasteiger partial charge on any atom is 0.118 e. The molecule has 3 nitrogen and oxygen atoms in total. The highest BCUT2D eigenvalue weighted by Gasteiger charge is 2.35. The van der Waals surface area contributed by atoms with Crippen molar-refractivity contribution in [3.63, 3.8) is 0 Å². The van der Waals surface area contributed by atoms with Crippen LogP contribution in [0.15, 0.2) is 29.6 Å². The molecule has 2 unspecified atom stereocenters. The van der Waals surface area contributed by atoms with Gasteiger partial charge in [0, 0.05) is 10.9 Å². The fourth-order valence-electron chi connectivity index (χ4n) is 3.18. The third-order valence-electron chi connectivity index (χ3n) is 4.35. The van der Waals surface area contributed by atoms with Crippen LogP contribution in [-0.4, -0.2) is 12.1 Å². The summed E-state index contributed by atoms with van der Waals surface area (Å²) in [6.45, 7) is 2.29. The van der Waals surface area contributed by atoms with Gasteiger partial charge in [-0.1, -0.05) is 19.8 Å². The lowest BCUT2D eigenvalue weighted by Gasteiger charge is -2.35. The summed E-state index contributed by atoms with van der Waals surface area (Å²) >= 11 is 1.69. The molecule has 1 aromatic heterocycles. The minimum atomic E-state index is -0.229. The Morgan fingerprint density at radius 2 is 2.10 bits per heavy atom. The average molecular weight is 302 g/mol. The number of methoxy groups -OCH3 is 1. The van der Waals surface area contributed by atoms with Crippen LogP contribution in [0.5, 0.6) is 5.75 Å². The molecule has 21 heavy (non-hydrogen) atoms. The molecule has 4 heteroatoms. The van der Waals surface area contributed by atoms with E-state index >= 15 is 0 Å². The Morgan fingerprint density at radius 3 is 2.76 bits per heavy atom. The van der Waals surface area contributed by atoms with Crippen LogP contribution >= 0.6 is 11.3 Å². The molecule has 0 saturated heterocycles. The van der Waals surface area contributed by atoms with Crippen LogP contribution in [0.2, 0.25) is 0 Å². The summed E-state index contributed by atoms with van der Waals surface area (Å²) < 4.78 is 5.20. The number of thiazole rings is 1. The van der Waals surface area contributed by atoms with Crippen LogP contribution in [0.4, 0.5) is 0 Å². The average Bonchev–Trinajstić information content (AvgIpc) is 2.98. The number of hydrogen-bond donors (Lipinski definition) is 1. The summed E-state index contributed by atoms with van der Waals surface area (Å²) in [4.78, 5) is 4.82. The predicted molar refractivity (Wildman–Crippen MR) is 87.6 cm³/mol. The van der Waals surface area contributed by atoms with Crippen LogP contribution in [0.1, 0.15) is 37.6 Å². The van der Waals surface area contributed by atoms with E-state index in [1.165, 1.54) is 12.8 Å². The summed E-state index contributed by atoms with van der Waals surface area (Å²) in [5.74, 6) is 1.56. The van der Waals surface area contributed by atoms with Gasteiger partial charge in [-0.2, -0.15) is 0 Å². The van der Waals surface area contributed by atoms with Gasteiger partial charge in [-0.3, -0.25) is 0 Å². The van der Waals surface area contributed by atoms with Gasteiger partial charge in [0.05, 0.1) is 18.3 Å². The summed E-state index contributed by atoms with van der Waals surface area (Å²) in [5.41, 5.74) is 8.54. The van der Waals surface area contributed by atoms with Crippen LogP contribution in [0.3, 0.4) is 0 Å². The van der Waals surface area contributed by atoms with E-state index in [9.17, 15) is 0 Å². The summed E-state index contributed by atoms with van der Waals surface area (Å²) in [6, 6.07) is 8.03. The number of hydrogen-bond acceptors (Lipinski definition) is 4.